The van der Waals surface area contributed by atoms with Crippen LogP contribution in [0.25, 0.3) is 22.6 Å². The molecule has 3 heterocycles. The van der Waals surface area contributed by atoms with Crippen molar-refractivity contribution >= 4 is 5.69 Å². The second-order valence-corrected chi connectivity index (χ2v) is 8.06. The maximum atomic E-state index is 12.8. The molecule has 4 aromatic rings. The van der Waals surface area contributed by atoms with E-state index in [-0.39, 0.29) is 5.56 Å². The van der Waals surface area contributed by atoms with Crippen LogP contribution in [-0.2, 0) is 19.5 Å². The van der Waals surface area contributed by atoms with E-state index < -0.39 is 0 Å². The molecule has 7 nitrogen and oxygen atoms in total. The number of hydrogen-bond acceptors (Lipinski definition) is 5. The Labute approximate surface area is 180 Å². The van der Waals surface area contributed by atoms with Crippen molar-refractivity contribution in [2.75, 3.05) is 12.3 Å². The number of nitrogens with zero attached hydrogens (tertiary/aromatic N) is 3. The summed E-state index contributed by atoms with van der Waals surface area (Å²) in [5.41, 5.74) is 13.3. The minimum Gasteiger partial charge on any atom is -0.399 e. The average Bonchev–Trinajstić information content (AvgIpc) is 3.23. The third-order valence-electron chi connectivity index (χ3n) is 5.78. The highest BCUT2D eigenvalue weighted by Gasteiger charge is 2.23. The molecule has 0 amide bonds. The van der Waals surface area contributed by atoms with E-state index in [9.17, 15) is 4.79 Å². The first-order valence-electron chi connectivity index (χ1n) is 10.4. The molecular formula is C24H24N6O. The molecule has 0 unspecified atom stereocenters. The minimum atomic E-state index is -0.0764. The highest BCUT2D eigenvalue weighted by atomic mass is 16.1. The van der Waals surface area contributed by atoms with E-state index in [1.165, 1.54) is 5.56 Å². The standard InChI is InChI=1S/C24H24N6O/c1-15-2-4-16(5-3-15)22-18(12-26-29-22)13-30-11-10-21-20(14-30)24(31)28-23(27-21)17-6-8-19(25)9-7-17/h2-9,12H,10-11,13-14,25H2,1H3,(H,26,29)(H,27,28,31). The number of anilines is 1. The first kappa shape index (κ1) is 19.3. The van der Waals surface area contributed by atoms with Gasteiger partial charge in [0.1, 0.15) is 5.82 Å². The number of benzene rings is 2. The van der Waals surface area contributed by atoms with Crippen LogP contribution in [0.1, 0.15) is 22.4 Å². The van der Waals surface area contributed by atoms with Crippen molar-refractivity contribution in [2.45, 2.75) is 26.4 Å². The third-order valence-corrected chi connectivity index (χ3v) is 5.78. The van der Waals surface area contributed by atoms with Crippen LogP contribution >= 0.6 is 0 Å². The van der Waals surface area contributed by atoms with Crippen LogP contribution in [0.2, 0.25) is 0 Å². The van der Waals surface area contributed by atoms with Crippen molar-refractivity contribution in [1.82, 2.24) is 25.1 Å². The van der Waals surface area contributed by atoms with Crippen LogP contribution in [0, 0.1) is 6.92 Å². The molecule has 1 aliphatic rings. The van der Waals surface area contributed by atoms with Gasteiger partial charge in [-0.25, -0.2) is 4.98 Å². The predicted octanol–water partition coefficient (Wildman–Crippen LogP) is 3.28. The molecule has 156 valence electrons. The Morgan fingerprint density at radius 2 is 1.81 bits per heavy atom. The number of fused-ring (bicyclic) bond motifs is 1. The third kappa shape index (κ3) is 3.87. The van der Waals surface area contributed by atoms with Crippen molar-refractivity contribution in [2.24, 2.45) is 0 Å². The van der Waals surface area contributed by atoms with Crippen molar-refractivity contribution in [1.29, 1.82) is 0 Å². The summed E-state index contributed by atoms with van der Waals surface area (Å²) in [5, 5.41) is 7.38. The largest absolute Gasteiger partial charge is 0.399 e. The van der Waals surface area contributed by atoms with Crippen molar-refractivity contribution in [3.8, 4) is 22.6 Å². The number of nitrogen functional groups attached to an aromatic ring is 1. The van der Waals surface area contributed by atoms with E-state index >= 15 is 0 Å². The van der Waals surface area contributed by atoms with Gasteiger partial charge in [-0.15, -0.1) is 0 Å². The Kier molecular flexibility index (Phi) is 4.88. The van der Waals surface area contributed by atoms with Gasteiger partial charge in [0, 0.05) is 42.9 Å². The highest BCUT2D eigenvalue weighted by molar-refractivity contribution is 5.63. The Hall–Kier alpha value is -3.71. The zero-order valence-corrected chi connectivity index (χ0v) is 17.4. The molecular weight excluding hydrogens is 388 g/mol. The molecule has 0 spiro atoms. The second-order valence-electron chi connectivity index (χ2n) is 8.06. The number of aromatic amines is 2. The van der Waals surface area contributed by atoms with Crippen molar-refractivity contribution < 1.29 is 0 Å². The predicted molar refractivity (Wildman–Crippen MR) is 121 cm³/mol. The van der Waals surface area contributed by atoms with E-state index in [0.29, 0.717) is 18.1 Å². The molecule has 0 atom stereocenters. The lowest BCUT2D eigenvalue weighted by Gasteiger charge is -2.27. The molecule has 0 saturated carbocycles. The molecule has 1 aliphatic heterocycles. The Morgan fingerprint density at radius 1 is 1.06 bits per heavy atom. The van der Waals surface area contributed by atoms with Gasteiger partial charge in [0.05, 0.1) is 23.1 Å². The normalized spacial score (nSPS) is 13.8. The van der Waals surface area contributed by atoms with Crippen LogP contribution in [0.15, 0.2) is 59.5 Å². The quantitative estimate of drug-likeness (QED) is 0.446. The summed E-state index contributed by atoms with van der Waals surface area (Å²) in [7, 11) is 0. The molecule has 4 N–H and O–H groups in total. The molecule has 0 radical (unpaired) electrons. The van der Waals surface area contributed by atoms with Crippen LogP contribution in [0.4, 0.5) is 5.69 Å². The number of aryl methyl sites for hydroxylation is 1. The number of nitrogens with one attached hydrogen (secondary N) is 2. The summed E-state index contributed by atoms with van der Waals surface area (Å²) in [6.07, 6.45) is 2.61. The number of H-pyrrole nitrogens is 2. The Morgan fingerprint density at radius 3 is 2.58 bits per heavy atom. The molecule has 0 fully saturated rings. The maximum Gasteiger partial charge on any atom is 0.255 e. The maximum absolute atomic E-state index is 12.8. The highest BCUT2D eigenvalue weighted by Crippen LogP contribution is 2.25. The molecule has 2 aromatic heterocycles. The minimum absolute atomic E-state index is 0.0764. The summed E-state index contributed by atoms with van der Waals surface area (Å²) in [6, 6.07) is 15.8. The first-order valence-corrected chi connectivity index (χ1v) is 10.4. The van der Waals surface area contributed by atoms with Crippen molar-refractivity contribution in [3.63, 3.8) is 0 Å². The van der Waals surface area contributed by atoms with Gasteiger partial charge in [-0.05, 0) is 36.8 Å². The second kappa shape index (κ2) is 7.85. The number of hydrogen-bond donors (Lipinski definition) is 3. The van der Waals surface area contributed by atoms with Gasteiger partial charge in [-0.1, -0.05) is 29.8 Å². The van der Waals surface area contributed by atoms with Crippen LogP contribution < -0.4 is 11.3 Å². The van der Waals surface area contributed by atoms with E-state index in [2.05, 4.69) is 51.3 Å². The van der Waals surface area contributed by atoms with Gasteiger partial charge in [-0.2, -0.15) is 5.10 Å². The fraction of sp³-hybridized carbons (Fsp3) is 0.208. The van der Waals surface area contributed by atoms with Gasteiger partial charge < -0.3 is 10.7 Å². The first-order chi connectivity index (χ1) is 15.1. The summed E-state index contributed by atoms with van der Waals surface area (Å²) < 4.78 is 0. The molecule has 0 bridgehead atoms. The zero-order chi connectivity index (χ0) is 21.4. The number of nitrogens with two attached hydrogens (primary N) is 1. The topological polar surface area (TPSA) is 104 Å². The van der Waals surface area contributed by atoms with Gasteiger partial charge in [0.25, 0.3) is 5.56 Å². The van der Waals surface area contributed by atoms with Gasteiger partial charge in [-0.3, -0.25) is 14.8 Å². The van der Waals surface area contributed by atoms with Crippen molar-refractivity contribution in [3.05, 3.63) is 87.5 Å². The van der Waals surface area contributed by atoms with E-state index in [0.717, 1.165) is 53.2 Å². The average molecular weight is 412 g/mol. The summed E-state index contributed by atoms with van der Waals surface area (Å²) in [5.74, 6) is 0.591. The van der Waals surface area contributed by atoms with Crippen LogP contribution in [-0.4, -0.2) is 31.6 Å². The van der Waals surface area contributed by atoms with Crippen LogP contribution in [0.3, 0.4) is 0 Å². The van der Waals surface area contributed by atoms with E-state index in [1.807, 2.05) is 30.5 Å². The Bertz CT molecular complexity index is 1270. The molecule has 0 aliphatic carbocycles. The van der Waals surface area contributed by atoms with Crippen LogP contribution in [0.5, 0.6) is 0 Å². The van der Waals surface area contributed by atoms with Gasteiger partial charge in [0.2, 0.25) is 0 Å². The number of aromatic nitrogens is 4. The summed E-state index contributed by atoms with van der Waals surface area (Å²) >= 11 is 0. The summed E-state index contributed by atoms with van der Waals surface area (Å²) in [4.78, 5) is 22.8. The van der Waals surface area contributed by atoms with E-state index in [4.69, 9.17) is 10.7 Å². The number of rotatable bonds is 4. The zero-order valence-electron chi connectivity index (χ0n) is 17.4. The molecule has 5 rings (SSSR count). The molecule has 7 heteroatoms. The fourth-order valence-corrected chi connectivity index (χ4v) is 4.04. The molecule has 0 saturated heterocycles. The fourth-order valence-electron chi connectivity index (χ4n) is 4.04. The van der Waals surface area contributed by atoms with E-state index in [1.54, 1.807) is 0 Å². The summed E-state index contributed by atoms with van der Waals surface area (Å²) in [6.45, 7) is 4.20. The Balaban J connectivity index is 1.37. The smallest absolute Gasteiger partial charge is 0.255 e. The SMILES string of the molecule is Cc1ccc(-c2[nH]ncc2CN2CCc3nc(-c4ccc(N)cc4)[nH]c(=O)c3C2)cc1. The lowest BCUT2D eigenvalue weighted by Crippen LogP contribution is -2.35. The lowest BCUT2D eigenvalue weighted by molar-refractivity contribution is 0.242. The monoisotopic (exact) mass is 412 g/mol. The lowest BCUT2D eigenvalue weighted by atomic mass is 10.0. The molecule has 31 heavy (non-hydrogen) atoms. The van der Waals surface area contributed by atoms with Gasteiger partial charge in [0.15, 0.2) is 0 Å². The molecule has 2 aromatic carbocycles. The van der Waals surface area contributed by atoms with Gasteiger partial charge >= 0.3 is 0 Å².